The fourth-order valence-corrected chi connectivity index (χ4v) is 2.84. The van der Waals surface area contributed by atoms with Gasteiger partial charge in [0, 0.05) is 18.8 Å². The van der Waals surface area contributed by atoms with Crippen LogP contribution in [0.1, 0.15) is 29.0 Å². The van der Waals surface area contributed by atoms with Gasteiger partial charge < -0.3 is 10.6 Å². The molecular formula is C15H19Cl2F3N6O. The lowest BCUT2D eigenvalue weighted by atomic mass is 9.98. The van der Waals surface area contributed by atoms with E-state index in [4.69, 9.17) is 5.73 Å². The highest BCUT2D eigenvalue weighted by Gasteiger charge is 2.48. The molecule has 2 aromatic rings. The molecule has 7 nitrogen and oxygen atoms in total. The van der Waals surface area contributed by atoms with Crippen LogP contribution in [0.5, 0.6) is 0 Å². The number of rotatable bonds is 3. The number of amides is 1. The topological polar surface area (TPSA) is 89.9 Å². The van der Waals surface area contributed by atoms with Gasteiger partial charge in [0.05, 0.1) is 18.4 Å². The number of piperidine rings is 1. The normalized spacial score (nSPS) is 19.8. The molecule has 1 fully saturated rings. The lowest BCUT2D eigenvalue weighted by Crippen LogP contribution is -2.56. The van der Waals surface area contributed by atoms with Gasteiger partial charge in [0.2, 0.25) is 0 Å². The first kappa shape index (κ1) is 23.1. The largest absolute Gasteiger partial charge is 0.408 e. The van der Waals surface area contributed by atoms with Crippen molar-refractivity contribution >= 4 is 30.7 Å². The van der Waals surface area contributed by atoms with Crippen molar-refractivity contribution in [1.29, 1.82) is 0 Å². The van der Waals surface area contributed by atoms with Crippen molar-refractivity contribution in [3.63, 3.8) is 0 Å². The van der Waals surface area contributed by atoms with Gasteiger partial charge in [-0.2, -0.15) is 13.2 Å². The van der Waals surface area contributed by atoms with Gasteiger partial charge in [0.25, 0.3) is 5.91 Å². The summed E-state index contributed by atoms with van der Waals surface area (Å²) in [6.07, 6.45) is -1.55. The molecule has 0 spiro atoms. The number of nitrogens with zero attached hydrogens (tertiary/aromatic N) is 5. The molecule has 12 heteroatoms. The van der Waals surface area contributed by atoms with Crippen LogP contribution in [-0.4, -0.2) is 55.6 Å². The summed E-state index contributed by atoms with van der Waals surface area (Å²) in [6, 6.07) is 3.00. The van der Waals surface area contributed by atoms with Crippen LogP contribution < -0.4 is 5.73 Å². The Labute approximate surface area is 165 Å². The standard InChI is InChI=1S/C15H17F3N6O.2ClH/c16-15(17,18)13-5-4-10(19)7-24(13)14(25)12-9-23(22-21-12)8-11-3-1-2-6-20-11;;/h1-3,6,9-10,13H,4-5,7-8,19H2;2*1H. The van der Waals surface area contributed by atoms with Crippen LogP contribution in [0.4, 0.5) is 13.2 Å². The summed E-state index contributed by atoms with van der Waals surface area (Å²) < 4.78 is 41.0. The highest BCUT2D eigenvalue weighted by molar-refractivity contribution is 5.92. The van der Waals surface area contributed by atoms with Gasteiger partial charge in [-0.15, -0.1) is 29.9 Å². The molecule has 2 aromatic heterocycles. The number of hydrogen-bond donors (Lipinski definition) is 1. The zero-order valence-electron chi connectivity index (χ0n) is 14.0. The van der Waals surface area contributed by atoms with Gasteiger partial charge in [-0.05, 0) is 25.0 Å². The molecule has 27 heavy (non-hydrogen) atoms. The monoisotopic (exact) mass is 426 g/mol. The molecule has 150 valence electrons. The molecule has 1 amide bonds. The van der Waals surface area contributed by atoms with Crippen LogP contribution >= 0.6 is 24.8 Å². The van der Waals surface area contributed by atoms with Crippen LogP contribution in [0.25, 0.3) is 0 Å². The smallest absolute Gasteiger partial charge is 0.326 e. The molecule has 1 aliphatic heterocycles. The van der Waals surface area contributed by atoms with Gasteiger partial charge in [-0.3, -0.25) is 9.78 Å². The number of hydrogen-bond acceptors (Lipinski definition) is 5. The van der Waals surface area contributed by atoms with E-state index in [0.29, 0.717) is 5.69 Å². The first-order valence-electron chi connectivity index (χ1n) is 7.78. The third-order valence-electron chi connectivity index (χ3n) is 4.06. The van der Waals surface area contributed by atoms with E-state index in [1.165, 1.54) is 10.9 Å². The predicted octanol–water partition coefficient (Wildman–Crippen LogP) is 2.06. The minimum absolute atomic E-state index is 0. The van der Waals surface area contributed by atoms with E-state index in [-0.39, 0.29) is 56.4 Å². The minimum Gasteiger partial charge on any atom is -0.326 e. The molecule has 1 aliphatic rings. The van der Waals surface area contributed by atoms with Crippen molar-refractivity contribution in [3.05, 3.63) is 42.0 Å². The van der Waals surface area contributed by atoms with Gasteiger partial charge in [0.1, 0.15) is 6.04 Å². The van der Waals surface area contributed by atoms with E-state index < -0.39 is 24.2 Å². The quantitative estimate of drug-likeness (QED) is 0.810. The molecule has 0 aliphatic carbocycles. The second-order valence-corrected chi connectivity index (χ2v) is 5.97. The van der Waals surface area contributed by atoms with E-state index in [2.05, 4.69) is 15.3 Å². The Hall–Kier alpha value is -1.91. The average Bonchev–Trinajstić information content (AvgIpc) is 3.02. The number of halogens is 5. The first-order chi connectivity index (χ1) is 11.8. The number of likely N-dealkylation sites (tertiary alicyclic amines) is 1. The Morgan fingerprint density at radius 3 is 2.63 bits per heavy atom. The maximum absolute atomic E-state index is 13.2. The van der Waals surface area contributed by atoms with Crippen LogP contribution in [0.15, 0.2) is 30.6 Å². The third kappa shape index (κ3) is 5.53. The summed E-state index contributed by atoms with van der Waals surface area (Å²) in [5, 5.41) is 7.52. The van der Waals surface area contributed by atoms with E-state index in [1.807, 2.05) is 0 Å². The van der Waals surface area contributed by atoms with Crippen LogP contribution in [0.3, 0.4) is 0 Å². The Morgan fingerprint density at radius 1 is 1.26 bits per heavy atom. The molecule has 2 N–H and O–H groups in total. The Balaban J connectivity index is 0.00000182. The maximum atomic E-state index is 13.2. The number of alkyl halides is 3. The summed E-state index contributed by atoms with van der Waals surface area (Å²) >= 11 is 0. The molecular weight excluding hydrogens is 408 g/mol. The number of carbonyl (C=O) groups excluding carboxylic acids is 1. The molecule has 3 rings (SSSR count). The van der Waals surface area contributed by atoms with Crippen molar-refractivity contribution in [2.24, 2.45) is 5.73 Å². The van der Waals surface area contributed by atoms with E-state index in [9.17, 15) is 18.0 Å². The summed E-state index contributed by atoms with van der Waals surface area (Å²) in [5.41, 5.74) is 6.30. The molecule has 2 atom stereocenters. The van der Waals surface area contributed by atoms with Gasteiger partial charge >= 0.3 is 6.18 Å². The number of carbonyl (C=O) groups is 1. The molecule has 1 saturated heterocycles. The lowest BCUT2D eigenvalue weighted by Gasteiger charge is -2.38. The summed E-state index contributed by atoms with van der Waals surface area (Å²) in [7, 11) is 0. The second-order valence-electron chi connectivity index (χ2n) is 5.97. The zero-order valence-corrected chi connectivity index (χ0v) is 15.7. The minimum atomic E-state index is -4.50. The second kappa shape index (κ2) is 9.34. The molecule has 3 heterocycles. The Bertz CT molecular complexity index is 743. The summed E-state index contributed by atoms with van der Waals surface area (Å²) in [4.78, 5) is 17.4. The zero-order chi connectivity index (χ0) is 18.0. The summed E-state index contributed by atoms with van der Waals surface area (Å²) in [5.74, 6) is -0.815. The van der Waals surface area contributed by atoms with E-state index in [0.717, 1.165) is 4.90 Å². The third-order valence-corrected chi connectivity index (χ3v) is 4.06. The summed E-state index contributed by atoms with van der Waals surface area (Å²) in [6.45, 7) is 0.111. The first-order valence-corrected chi connectivity index (χ1v) is 7.78. The van der Waals surface area contributed by atoms with Crippen molar-refractivity contribution < 1.29 is 18.0 Å². The van der Waals surface area contributed by atoms with Crippen LogP contribution in [0.2, 0.25) is 0 Å². The van der Waals surface area contributed by atoms with E-state index in [1.54, 1.807) is 24.4 Å². The maximum Gasteiger partial charge on any atom is 0.408 e. The van der Waals surface area contributed by atoms with Gasteiger partial charge in [-0.25, -0.2) is 4.68 Å². The highest BCUT2D eigenvalue weighted by Crippen LogP contribution is 2.32. The Kier molecular flexibility index (Phi) is 8.00. The molecule has 0 radical (unpaired) electrons. The van der Waals surface area contributed by atoms with Crippen LogP contribution in [-0.2, 0) is 6.54 Å². The van der Waals surface area contributed by atoms with Crippen molar-refractivity contribution in [2.45, 2.75) is 37.6 Å². The molecule has 0 aromatic carbocycles. The molecule has 2 unspecified atom stereocenters. The fraction of sp³-hybridized carbons (Fsp3) is 0.467. The molecule has 0 bridgehead atoms. The highest BCUT2D eigenvalue weighted by atomic mass is 35.5. The SMILES string of the molecule is Cl.Cl.NC1CCC(C(F)(F)F)N(C(=O)c2cn(Cc3ccccn3)nn2)C1. The number of aromatic nitrogens is 4. The van der Waals surface area contributed by atoms with Crippen molar-refractivity contribution in [3.8, 4) is 0 Å². The number of pyridine rings is 1. The predicted molar refractivity (Wildman–Crippen MR) is 95.9 cm³/mol. The van der Waals surface area contributed by atoms with Gasteiger partial charge in [0.15, 0.2) is 5.69 Å². The Morgan fingerprint density at radius 2 is 2.00 bits per heavy atom. The van der Waals surface area contributed by atoms with Crippen molar-refractivity contribution in [1.82, 2.24) is 24.9 Å². The van der Waals surface area contributed by atoms with Crippen LogP contribution in [0, 0.1) is 0 Å². The van der Waals surface area contributed by atoms with Gasteiger partial charge in [-0.1, -0.05) is 11.3 Å². The van der Waals surface area contributed by atoms with Crippen molar-refractivity contribution in [2.75, 3.05) is 6.54 Å². The lowest BCUT2D eigenvalue weighted by molar-refractivity contribution is -0.184. The number of nitrogens with two attached hydrogens (primary N) is 1. The van der Waals surface area contributed by atoms with E-state index >= 15 is 0 Å². The fourth-order valence-electron chi connectivity index (χ4n) is 2.84. The molecule has 0 saturated carbocycles. The average molecular weight is 427 g/mol.